The van der Waals surface area contributed by atoms with Gasteiger partial charge in [0.05, 0.1) is 6.54 Å². The maximum Gasteiger partial charge on any atom is 0.239 e. The van der Waals surface area contributed by atoms with Crippen LogP contribution >= 0.6 is 11.6 Å². The molecule has 228 valence electrons. The Labute approximate surface area is 261 Å². The van der Waals surface area contributed by atoms with Gasteiger partial charge in [0.1, 0.15) is 18.0 Å². The molecule has 8 nitrogen and oxygen atoms in total. The van der Waals surface area contributed by atoms with E-state index in [4.69, 9.17) is 11.6 Å². The first-order valence-electron chi connectivity index (χ1n) is 14.8. The zero-order valence-corrected chi connectivity index (χ0v) is 26.2. The largest absolute Gasteiger partial charge is 0.361 e. The SMILES string of the molecule is C#C.CC.CC1CCCCC1.O=C(CNc1cc(-n2ccnc2)nc(NCc2ccccc2)n1)NCc1ccc(Cl)cc1. The fourth-order valence-electron chi connectivity index (χ4n) is 4.25. The second kappa shape index (κ2) is 20.5. The summed E-state index contributed by atoms with van der Waals surface area (Å²) in [4.78, 5) is 25.4. The number of rotatable bonds is 9. The molecule has 2 aromatic carbocycles. The number of imidazole rings is 1. The van der Waals surface area contributed by atoms with E-state index in [1.54, 1.807) is 41.5 Å². The number of carbonyl (C=O) groups is 1. The van der Waals surface area contributed by atoms with Crippen LogP contribution in [0, 0.1) is 18.8 Å². The summed E-state index contributed by atoms with van der Waals surface area (Å²) in [6.45, 7) is 7.44. The van der Waals surface area contributed by atoms with E-state index in [1.807, 2.05) is 56.3 Å². The van der Waals surface area contributed by atoms with Crippen molar-refractivity contribution >= 4 is 29.3 Å². The molecule has 0 atom stereocenters. The van der Waals surface area contributed by atoms with Crippen molar-refractivity contribution in [3.63, 3.8) is 0 Å². The lowest BCUT2D eigenvalue weighted by Crippen LogP contribution is -2.29. The summed E-state index contributed by atoms with van der Waals surface area (Å²) >= 11 is 5.89. The molecule has 0 bridgehead atoms. The molecule has 0 radical (unpaired) electrons. The number of nitrogens with zero attached hydrogens (tertiary/aromatic N) is 4. The molecule has 1 aliphatic rings. The van der Waals surface area contributed by atoms with Crippen LogP contribution in [0.25, 0.3) is 5.82 Å². The van der Waals surface area contributed by atoms with Gasteiger partial charge in [-0.15, -0.1) is 12.8 Å². The lowest BCUT2D eigenvalue weighted by atomic mass is 9.91. The van der Waals surface area contributed by atoms with E-state index in [-0.39, 0.29) is 12.5 Å². The lowest BCUT2D eigenvalue weighted by Gasteiger charge is -2.15. The Bertz CT molecular complexity index is 1320. The highest BCUT2D eigenvalue weighted by molar-refractivity contribution is 6.30. The summed E-state index contributed by atoms with van der Waals surface area (Å²) in [6, 6.07) is 19.1. The Morgan fingerprint density at radius 2 is 1.60 bits per heavy atom. The maximum absolute atomic E-state index is 12.3. The van der Waals surface area contributed by atoms with Crippen LogP contribution in [0.3, 0.4) is 0 Å². The third-order valence-electron chi connectivity index (χ3n) is 6.50. The van der Waals surface area contributed by atoms with Crippen LogP contribution in [0.4, 0.5) is 11.8 Å². The topological polar surface area (TPSA) is 96.8 Å². The first-order chi connectivity index (χ1) is 21.0. The predicted molar refractivity (Wildman–Crippen MR) is 178 cm³/mol. The maximum atomic E-state index is 12.3. The Morgan fingerprint density at radius 1 is 0.930 bits per heavy atom. The van der Waals surface area contributed by atoms with Crippen LogP contribution in [0.15, 0.2) is 79.4 Å². The van der Waals surface area contributed by atoms with E-state index in [9.17, 15) is 4.79 Å². The van der Waals surface area contributed by atoms with Crippen LogP contribution in [0.2, 0.25) is 5.02 Å². The molecule has 1 saturated carbocycles. The number of terminal acetylenes is 1. The van der Waals surface area contributed by atoms with Gasteiger partial charge in [0.15, 0.2) is 0 Å². The normalized spacial score (nSPS) is 12.1. The van der Waals surface area contributed by atoms with Crippen molar-refractivity contribution in [2.24, 2.45) is 5.92 Å². The van der Waals surface area contributed by atoms with Gasteiger partial charge in [0, 0.05) is 36.6 Å². The number of benzene rings is 2. The molecule has 43 heavy (non-hydrogen) atoms. The summed E-state index contributed by atoms with van der Waals surface area (Å²) in [5, 5.41) is 9.84. The Hall–Kier alpha value is -4.35. The smallest absolute Gasteiger partial charge is 0.239 e. The van der Waals surface area contributed by atoms with Gasteiger partial charge in [-0.1, -0.05) is 107 Å². The third-order valence-corrected chi connectivity index (χ3v) is 6.75. The monoisotopic (exact) mass is 601 g/mol. The zero-order chi connectivity index (χ0) is 31.3. The highest BCUT2D eigenvalue weighted by Crippen LogP contribution is 2.22. The van der Waals surface area contributed by atoms with Crippen LogP contribution in [-0.4, -0.2) is 32.0 Å². The quantitative estimate of drug-likeness (QED) is 0.172. The number of hydrogen-bond acceptors (Lipinski definition) is 6. The van der Waals surface area contributed by atoms with E-state index in [2.05, 4.69) is 50.7 Å². The first-order valence-corrected chi connectivity index (χ1v) is 15.2. The Morgan fingerprint density at radius 3 is 2.21 bits per heavy atom. The molecule has 5 rings (SSSR count). The molecular formula is C34H44ClN7O. The molecule has 4 aromatic rings. The van der Waals surface area contributed by atoms with Gasteiger partial charge >= 0.3 is 0 Å². The van der Waals surface area contributed by atoms with Crippen molar-refractivity contribution in [2.75, 3.05) is 17.2 Å². The summed E-state index contributed by atoms with van der Waals surface area (Å²) in [5.74, 6) is 2.50. The van der Waals surface area contributed by atoms with Gasteiger partial charge in [0.2, 0.25) is 11.9 Å². The minimum absolute atomic E-state index is 0.0755. The summed E-state index contributed by atoms with van der Waals surface area (Å²) in [7, 11) is 0. The van der Waals surface area contributed by atoms with Gasteiger partial charge in [-0.3, -0.25) is 9.36 Å². The van der Waals surface area contributed by atoms with Crippen LogP contribution in [0.5, 0.6) is 0 Å². The van der Waals surface area contributed by atoms with Crippen LogP contribution in [-0.2, 0) is 17.9 Å². The van der Waals surface area contributed by atoms with Crippen molar-refractivity contribution in [3.8, 4) is 18.7 Å². The number of nitrogens with one attached hydrogen (secondary N) is 3. The number of hydrogen-bond donors (Lipinski definition) is 3. The summed E-state index contributed by atoms with van der Waals surface area (Å²) in [6.07, 6.45) is 20.6. The van der Waals surface area contributed by atoms with Crippen molar-refractivity contribution in [2.45, 2.75) is 66.0 Å². The summed E-state index contributed by atoms with van der Waals surface area (Å²) < 4.78 is 1.78. The fourth-order valence-corrected chi connectivity index (χ4v) is 4.38. The third kappa shape index (κ3) is 13.4. The molecule has 1 aliphatic carbocycles. The molecule has 1 amide bonds. The second-order valence-electron chi connectivity index (χ2n) is 9.74. The van der Waals surface area contributed by atoms with Gasteiger partial charge in [0.25, 0.3) is 0 Å². The van der Waals surface area contributed by atoms with E-state index in [0.717, 1.165) is 17.0 Å². The first kappa shape index (κ1) is 34.8. The lowest BCUT2D eigenvalue weighted by molar-refractivity contribution is -0.119. The highest BCUT2D eigenvalue weighted by Gasteiger charge is 2.09. The number of amides is 1. The minimum atomic E-state index is -0.151. The average molecular weight is 602 g/mol. The predicted octanol–water partition coefficient (Wildman–Crippen LogP) is 7.52. The molecule has 1 fully saturated rings. The Balaban J connectivity index is 0.000000502. The molecule has 0 spiro atoms. The number of aromatic nitrogens is 4. The standard InChI is InChI=1S/C23H22ClN7O.C7H14.C2H6.C2H2/c24-19-8-6-18(7-9-19)13-27-22(32)15-26-20-12-21(31-11-10-25-16-31)30-23(29-20)28-14-17-4-2-1-3-5-17;1-7-5-3-2-4-6-7;2*1-2/h1-12,16H,13-15H2,(H,27,32)(H2,26,28,29,30);7H,2-6H2,1H3;1-2H3;1-2H. The van der Waals surface area contributed by atoms with Crippen molar-refractivity contribution in [3.05, 3.63) is 95.5 Å². The van der Waals surface area contributed by atoms with Crippen LogP contribution < -0.4 is 16.0 Å². The van der Waals surface area contributed by atoms with Crippen molar-refractivity contribution < 1.29 is 4.79 Å². The Kier molecular flexibility index (Phi) is 16.6. The van der Waals surface area contributed by atoms with Gasteiger partial charge in [-0.25, -0.2) is 4.98 Å². The van der Waals surface area contributed by atoms with Crippen molar-refractivity contribution in [1.29, 1.82) is 0 Å². The molecule has 3 N–H and O–H groups in total. The van der Waals surface area contributed by atoms with E-state index in [1.165, 1.54) is 32.1 Å². The van der Waals surface area contributed by atoms with E-state index >= 15 is 0 Å². The number of anilines is 2. The summed E-state index contributed by atoms with van der Waals surface area (Å²) in [5.41, 5.74) is 2.08. The molecule has 2 heterocycles. The molecule has 9 heteroatoms. The van der Waals surface area contributed by atoms with Gasteiger partial charge in [-0.05, 0) is 29.2 Å². The number of carbonyl (C=O) groups excluding carboxylic acids is 1. The second-order valence-corrected chi connectivity index (χ2v) is 10.2. The molecule has 0 saturated heterocycles. The molecule has 0 aliphatic heterocycles. The average Bonchev–Trinajstić information content (AvgIpc) is 3.61. The highest BCUT2D eigenvalue weighted by atomic mass is 35.5. The number of halogens is 1. The zero-order valence-electron chi connectivity index (χ0n) is 25.5. The molecular weight excluding hydrogens is 558 g/mol. The van der Waals surface area contributed by atoms with Crippen molar-refractivity contribution in [1.82, 2.24) is 24.8 Å². The minimum Gasteiger partial charge on any atom is -0.361 e. The van der Waals surface area contributed by atoms with E-state index in [0.29, 0.717) is 35.7 Å². The van der Waals surface area contributed by atoms with Crippen LogP contribution in [0.1, 0.15) is 64.0 Å². The van der Waals surface area contributed by atoms with Gasteiger partial charge < -0.3 is 16.0 Å². The van der Waals surface area contributed by atoms with E-state index < -0.39 is 0 Å². The van der Waals surface area contributed by atoms with Gasteiger partial charge in [-0.2, -0.15) is 9.97 Å². The molecule has 0 unspecified atom stereocenters. The fraction of sp³-hybridized carbons (Fsp3) is 0.353. The molecule has 2 aromatic heterocycles.